The van der Waals surface area contributed by atoms with Gasteiger partial charge in [0.1, 0.15) is 6.04 Å². The average molecular weight is 185 g/mol. The molecular weight excluding hydrogens is 170 g/mol. The maximum atomic E-state index is 11.5. The Morgan fingerprint density at radius 2 is 2.00 bits per heavy atom. The Morgan fingerprint density at radius 1 is 1.38 bits per heavy atom. The summed E-state index contributed by atoms with van der Waals surface area (Å²) < 4.78 is 0. The summed E-state index contributed by atoms with van der Waals surface area (Å²) in [6.07, 6.45) is 1.42. The summed E-state index contributed by atoms with van der Waals surface area (Å²) in [6, 6.07) is -0.534. The van der Waals surface area contributed by atoms with E-state index in [0.29, 0.717) is 13.0 Å². The molecule has 2 N–H and O–H groups in total. The van der Waals surface area contributed by atoms with Crippen molar-refractivity contribution < 1.29 is 9.59 Å². The predicted octanol–water partition coefficient (Wildman–Crippen LogP) is -0.382. The number of imide groups is 1. The van der Waals surface area contributed by atoms with Crippen LogP contribution < -0.4 is 5.73 Å². The highest BCUT2D eigenvalue weighted by Crippen LogP contribution is 2.17. The second-order valence-corrected chi connectivity index (χ2v) is 3.24. The number of rotatable bonds is 3. The Bertz CT molecular complexity index is 229. The van der Waals surface area contributed by atoms with Crippen LogP contribution in [0, 0.1) is 0 Å². The highest BCUT2D eigenvalue weighted by molar-refractivity contribution is 6.03. The van der Waals surface area contributed by atoms with Gasteiger partial charge >= 0.3 is 6.03 Å². The molecule has 3 amide bonds. The highest BCUT2D eigenvalue weighted by Gasteiger charge is 2.39. The Hall–Kier alpha value is -1.10. The summed E-state index contributed by atoms with van der Waals surface area (Å²) in [4.78, 5) is 25.4. The van der Waals surface area contributed by atoms with Gasteiger partial charge in [0, 0.05) is 14.1 Å². The minimum Gasteiger partial charge on any atom is -0.330 e. The molecule has 13 heavy (non-hydrogen) atoms. The third-order valence-corrected chi connectivity index (χ3v) is 2.35. The van der Waals surface area contributed by atoms with Crippen molar-refractivity contribution in [3.63, 3.8) is 0 Å². The molecule has 0 spiro atoms. The molecule has 0 saturated carbocycles. The molecule has 1 aliphatic rings. The molecule has 5 heteroatoms. The van der Waals surface area contributed by atoms with Crippen molar-refractivity contribution in [2.24, 2.45) is 5.73 Å². The molecule has 1 aliphatic heterocycles. The van der Waals surface area contributed by atoms with Crippen molar-refractivity contribution >= 4 is 11.9 Å². The SMILES string of the molecule is CN1C(=O)C(CCCN)N(C)C1=O. The van der Waals surface area contributed by atoms with Gasteiger partial charge in [0.15, 0.2) is 0 Å². The number of hydrogen-bond acceptors (Lipinski definition) is 3. The molecule has 0 aliphatic carbocycles. The Kier molecular flexibility index (Phi) is 2.87. The van der Waals surface area contributed by atoms with E-state index in [-0.39, 0.29) is 18.0 Å². The van der Waals surface area contributed by atoms with Crippen LogP contribution in [0.15, 0.2) is 0 Å². The predicted molar refractivity (Wildman–Crippen MR) is 48.0 cm³/mol. The normalized spacial score (nSPS) is 23.2. The number of nitrogens with two attached hydrogens (primary N) is 1. The molecular formula is C8H15N3O2. The molecule has 74 valence electrons. The first kappa shape index (κ1) is 9.98. The van der Waals surface area contributed by atoms with E-state index in [0.717, 1.165) is 11.3 Å². The number of urea groups is 1. The molecule has 5 nitrogen and oxygen atoms in total. The molecule has 1 saturated heterocycles. The van der Waals surface area contributed by atoms with Gasteiger partial charge < -0.3 is 10.6 Å². The summed E-state index contributed by atoms with van der Waals surface area (Å²) >= 11 is 0. The first-order chi connectivity index (χ1) is 6.09. The lowest BCUT2D eigenvalue weighted by Crippen LogP contribution is -2.31. The molecule has 1 heterocycles. The summed E-state index contributed by atoms with van der Waals surface area (Å²) in [5.41, 5.74) is 5.34. The summed E-state index contributed by atoms with van der Waals surface area (Å²) in [6.45, 7) is 0.551. The maximum Gasteiger partial charge on any atom is 0.326 e. The third kappa shape index (κ3) is 1.65. The minimum absolute atomic E-state index is 0.124. The van der Waals surface area contributed by atoms with Crippen LogP contribution in [0.3, 0.4) is 0 Å². The number of nitrogens with zero attached hydrogens (tertiary/aromatic N) is 2. The monoisotopic (exact) mass is 185 g/mol. The minimum atomic E-state index is -0.305. The molecule has 0 aromatic heterocycles. The van der Waals surface area contributed by atoms with Crippen LogP contribution in [-0.2, 0) is 4.79 Å². The standard InChI is InChI=1S/C8H15N3O2/c1-10-6(4-3-5-9)7(12)11(2)8(10)13/h6H,3-5,9H2,1-2H3. The topological polar surface area (TPSA) is 66.6 Å². The summed E-state index contributed by atoms with van der Waals surface area (Å²) in [7, 11) is 3.15. The van der Waals surface area contributed by atoms with Gasteiger partial charge in [-0.2, -0.15) is 0 Å². The van der Waals surface area contributed by atoms with Crippen LogP contribution >= 0.6 is 0 Å². The fourth-order valence-corrected chi connectivity index (χ4v) is 1.48. The van der Waals surface area contributed by atoms with Gasteiger partial charge in [0.05, 0.1) is 0 Å². The van der Waals surface area contributed by atoms with Crippen LogP contribution in [-0.4, -0.2) is 48.4 Å². The Labute approximate surface area is 77.5 Å². The van der Waals surface area contributed by atoms with Crippen molar-refractivity contribution in [3.8, 4) is 0 Å². The van der Waals surface area contributed by atoms with Gasteiger partial charge in [0.2, 0.25) is 0 Å². The van der Waals surface area contributed by atoms with Crippen LogP contribution in [0.5, 0.6) is 0 Å². The fourth-order valence-electron chi connectivity index (χ4n) is 1.48. The third-order valence-electron chi connectivity index (χ3n) is 2.35. The largest absolute Gasteiger partial charge is 0.330 e. The second kappa shape index (κ2) is 3.74. The zero-order valence-corrected chi connectivity index (χ0v) is 7.99. The first-order valence-electron chi connectivity index (χ1n) is 4.34. The van der Waals surface area contributed by atoms with Crippen molar-refractivity contribution in [2.45, 2.75) is 18.9 Å². The molecule has 1 unspecified atom stereocenters. The van der Waals surface area contributed by atoms with E-state index >= 15 is 0 Å². The van der Waals surface area contributed by atoms with Gasteiger partial charge in [0.25, 0.3) is 5.91 Å². The van der Waals surface area contributed by atoms with E-state index in [1.54, 1.807) is 7.05 Å². The van der Waals surface area contributed by atoms with Gasteiger partial charge in [-0.05, 0) is 19.4 Å². The molecule has 0 aromatic carbocycles. The maximum absolute atomic E-state index is 11.5. The number of hydrogen-bond donors (Lipinski definition) is 1. The van der Waals surface area contributed by atoms with E-state index in [1.807, 2.05) is 0 Å². The molecule has 1 atom stereocenters. The van der Waals surface area contributed by atoms with Crippen LogP contribution in [0.25, 0.3) is 0 Å². The Morgan fingerprint density at radius 3 is 2.38 bits per heavy atom. The van der Waals surface area contributed by atoms with Crippen LogP contribution in [0.1, 0.15) is 12.8 Å². The van der Waals surface area contributed by atoms with Crippen LogP contribution in [0.4, 0.5) is 4.79 Å². The van der Waals surface area contributed by atoms with Crippen molar-refractivity contribution in [3.05, 3.63) is 0 Å². The lowest BCUT2D eigenvalue weighted by molar-refractivity contribution is -0.127. The van der Waals surface area contributed by atoms with Crippen LogP contribution in [0.2, 0.25) is 0 Å². The van der Waals surface area contributed by atoms with E-state index < -0.39 is 0 Å². The molecule has 1 rings (SSSR count). The van der Waals surface area contributed by atoms with Crippen molar-refractivity contribution in [2.75, 3.05) is 20.6 Å². The quantitative estimate of drug-likeness (QED) is 0.609. The number of likely N-dealkylation sites (N-methyl/N-ethyl adjacent to an activating group) is 2. The van der Waals surface area contributed by atoms with E-state index in [2.05, 4.69) is 0 Å². The molecule has 0 aromatic rings. The van der Waals surface area contributed by atoms with Gasteiger partial charge in [-0.3, -0.25) is 9.69 Å². The Balaban J connectivity index is 2.64. The first-order valence-corrected chi connectivity index (χ1v) is 4.34. The number of carbonyl (C=O) groups excluding carboxylic acids is 2. The zero-order chi connectivity index (χ0) is 10.0. The number of carbonyl (C=O) groups is 2. The van der Waals surface area contributed by atoms with Crippen molar-refractivity contribution in [1.82, 2.24) is 9.80 Å². The summed E-state index contributed by atoms with van der Waals surface area (Å²) in [5, 5.41) is 0. The smallest absolute Gasteiger partial charge is 0.326 e. The van der Waals surface area contributed by atoms with Crippen molar-refractivity contribution in [1.29, 1.82) is 0 Å². The highest BCUT2D eigenvalue weighted by atomic mass is 16.2. The van der Waals surface area contributed by atoms with E-state index in [9.17, 15) is 9.59 Å². The molecule has 0 bridgehead atoms. The molecule has 0 radical (unpaired) electrons. The second-order valence-electron chi connectivity index (χ2n) is 3.24. The summed E-state index contributed by atoms with van der Waals surface area (Å²) in [5.74, 6) is -0.124. The van der Waals surface area contributed by atoms with Gasteiger partial charge in [-0.15, -0.1) is 0 Å². The van der Waals surface area contributed by atoms with Gasteiger partial charge in [-0.1, -0.05) is 0 Å². The zero-order valence-electron chi connectivity index (χ0n) is 7.99. The fraction of sp³-hybridized carbons (Fsp3) is 0.750. The van der Waals surface area contributed by atoms with Gasteiger partial charge in [-0.25, -0.2) is 4.79 Å². The lowest BCUT2D eigenvalue weighted by atomic mass is 10.1. The number of amides is 3. The van der Waals surface area contributed by atoms with E-state index in [4.69, 9.17) is 5.73 Å². The lowest BCUT2D eigenvalue weighted by Gasteiger charge is -2.14. The van der Waals surface area contributed by atoms with E-state index in [1.165, 1.54) is 11.9 Å². The average Bonchev–Trinajstić information content (AvgIpc) is 2.30. The molecule has 1 fully saturated rings.